The molecule has 1 aromatic rings. The molecular weight excluding hydrogens is 200 g/mol. The van der Waals surface area contributed by atoms with Gasteiger partial charge in [0, 0.05) is 6.54 Å². The van der Waals surface area contributed by atoms with Crippen molar-refractivity contribution < 1.29 is 5.11 Å². The van der Waals surface area contributed by atoms with Crippen LogP contribution in [0.2, 0.25) is 0 Å². The Bertz CT molecular complexity index is 376. The molecule has 0 radical (unpaired) electrons. The summed E-state index contributed by atoms with van der Waals surface area (Å²) in [5.41, 5.74) is 1.49. The van der Waals surface area contributed by atoms with Gasteiger partial charge in [0.05, 0.1) is 17.7 Å². The summed E-state index contributed by atoms with van der Waals surface area (Å²) in [6, 6.07) is 9.15. The fraction of sp³-hybridized carbons (Fsp3) is 0.462. The van der Waals surface area contributed by atoms with Crippen molar-refractivity contribution in [2.75, 3.05) is 13.1 Å². The van der Waals surface area contributed by atoms with E-state index >= 15 is 0 Å². The molecule has 1 atom stereocenters. The number of hydrogen-bond acceptors (Lipinski definition) is 3. The number of rotatable bonds is 5. The molecule has 1 saturated carbocycles. The Morgan fingerprint density at radius 2 is 2.06 bits per heavy atom. The van der Waals surface area contributed by atoms with E-state index < -0.39 is 6.10 Å². The van der Waals surface area contributed by atoms with Gasteiger partial charge in [-0.15, -0.1) is 0 Å². The highest BCUT2D eigenvalue weighted by atomic mass is 16.3. The maximum atomic E-state index is 9.87. The molecule has 0 amide bonds. The zero-order valence-electron chi connectivity index (χ0n) is 9.19. The van der Waals surface area contributed by atoms with Crippen molar-refractivity contribution in [1.29, 1.82) is 5.26 Å². The molecule has 0 heterocycles. The predicted octanol–water partition coefficient (Wildman–Crippen LogP) is 1.59. The molecule has 2 rings (SSSR count). The molecule has 3 nitrogen and oxygen atoms in total. The molecule has 1 aliphatic carbocycles. The van der Waals surface area contributed by atoms with Gasteiger partial charge in [0.2, 0.25) is 0 Å². The first-order valence-corrected chi connectivity index (χ1v) is 5.68. The quantitative estimate of drug-likeness (QED) is 0.786. The van der Waals surface area contributed by atoms with Gasteiger partial charge in [0.25, 0.3) is 0 Å². The molecule has 0 aliphatic heterocycles. The molecule has 0 aromatic heterocycles. The summed E-state index contributed by atoms with van der Waals surface area (Å²) in [4.78, 5) is 0. The minimum Gasteiger partial charge on any atom is -0.387 e. The first kappa shape index (κ1) is 11.1. The molecule has 1 fully saturated rings. The molecule has 84 valence electrons. The molecule has 1 aliphatic rings. The Morgan fingerprint density at radius 1 is 1.38 bits per heavy atom. The fourth-order valence-corrected chi connectivity index (χ4v) is 1.64. The number of aliphatic hydroxyl groups excluding tert-OH is 1. The smallest absolute Gasteiger partial charge is 0.0991 e. The Hall–Kier alpha value is -1.37. The van der Waals surface area contributed by atoms with Crippen LogP contribution in [0, 0.1) is 17.2 Å². The van der Waals surface area contributed by atoms with Crippen molar-refractivity contribution in [3.8, 4) is 6.07 Å². The SMILES string of the molecule is N#Cc1ccc(C(O)CNCC2CC2)cc1. The molecule has 1 aromatic carbocycles. The van der Waals surface area contributed by atoms with Gasteiger partial charge in [0.15, 0.2) is 0 Å². The minimum absolute atomic E-state index is 0.480. The van der Waals surface area contributed by atoms with E-state index in [1.165, 1.54) is 12.8 Å². The highest BCUT2D eigenvalue weighted by Gasteiger charge is 2.20. The molecular formula is C13H16N2O. The third-order valence-corrected chi connectivity index (χ3v) is 2.89. The van der Waals surface area contributed by atoms with Crippen LogP contribution < -0.4 is 5.32 Å². The monoisotopic (exact) mass is 216 g/mol. The van der Waals surface area contributed by atoms with Crippen LogP contribution >= 0.6 is 0 Å². The Kier molecular flexibility index (Phi) is 3.55. The van der Waals surface area contributed by atoms with E-state index in [2.05, 4.69) is 11.4 Å². The maximum Gasteiger partial charge on any atom is 0.0991 e. The lowest BCUT2D eigenvalue weighted by Gasteiger charge is -2.11. The number of benzene rings is 1. The minimum atomic E-state index is -0.480. The van der Waals surface area contributed by atoms with E-state index in [1.54, 1.807) is 12.1 Å². The first-order chi connectivity index (χ1) is 7.79. The lowest BCUT2D eigenvalue weighted by molar-refractivity contribution is 0.174. The Labute approximate surface area is 95.7 Å². The average molecular weight is 216 g/mol. The standard InChI is InChI=1S/C13H16N2O/c14-7-10-3-5-12(6-4-10)13(16)9-15-8-11-1-2-11/h3-6,11,13,15-16H,1-2,8-9H2. The normalized spacial score (nSPS) is 16.8. The zero-order valence-corrected chi connectivity index (χ0v) is 9.19. The molecule has 0 bridgehead atoms. The number of hydrogen-bond donors (Lipinski definition) is 2. The van der Waals surface area contributed by atoms with Crippen LogP contribution in [-0.2, 0) is 0 Å². The highest BCUT2D eigenvalue weighted by Crippen LogP contribution is 2.27. The van der Waals surface area contributed by atoms with E-state index in [1.807, 2.05) is 12.1 Å². The molecule has 3 heteroatoms. The number of nitrogens with one attached hydrogen (secondary N) is 1. The summed E-state index contributed by atoms with van der Waals surface area (Å²) in [6.07, 6.45) is 2.16. The van der Waals surface area contributed by atoms with Crippen molar-refractivity contribution >= 4 is 0 Å². The summed E-state index contributed by atoms with van der Waals surface area (Å²) in [6.45, 7) is 1.59. The van der Waals surface area contributed by atoms with Crippen molar-refractivity contribution in [1.82, 2.24) is 5.32 Å². The van der Waals surface area contributed by atoms with Gasteiger partial charge in [-0.3, -0.25) is 0 Å². The predicted molar refractivity (Wildman–Crippen MR) is 61.7 cm³/mol. The zero-order chi connectivity index (χ0) is 11.4. The highest BCUT2D eigenvalue weighted by molar-refractivity contribution is 5.32. The maximum absolute atomic E-state index is 9.87. The van der Waals surface area contributed by atoms with Gasteiger partial charge in [-0.2, -0.15) is 5.26 Å². The van der Waals surface area contributed by atoms with Crippen LogP contribution in [0.15, 0.2) is 24.3 Å². The van der Waals surface area contributed by atoms with Gasteiger partial charge in [-0.25, -0.2) is 0 Å². The topological polar surface area (TPSA) is 56.0 Å². The third-order valence-electron chi connectivity index (χ3n) is 2.89. The van der Waals surface area contributed by atoms with Gasteiger partial charge in [-0.1, -0.05) is 12.1 Å². The Balaban J connectivity index is 1.82. The van der Waals surface area contributed by atoms with Crippen LogP contribution in [0.1, 0.15) is 30.1 Å². The van der Waals surface area contributed by atoms with Crippen molar-refractivity contribution in [2.24, 2.45) is 5.92 Å². The first-order valence-electron chi connectivity index (χ1n) is 5.68. The molecule has 2 N–H and O–H groups in total. The van der Waals surface area contributed by atoms with Gasteiger partial charge >= 0.3 is 0 Å². The number of nitrogens with zero attached hydrogens (tertiary/aromatic N) is 1. The molecule has 1 unspecified atom stereocenters. The second kappa shape index (κ2) is 5.11. The third kappa shape index (κ3) is 3.06. The van der Waals surface area contributed by atoms with Crippen LogP contribution in [0.3, 0.4) is 0 Å². The van der Waals surface area contributed by atoms with Gasteiger partial charge in [0.1, 0.15) is 0 Å². The van der Waals surface area contributed by atoms with E-state index in [-0.39, 0.29) is 0 Å². The van der Waals surface area contributed by atoms with Crippen molar-refractivity contribution in [3.05, 3.63) is 35.4 Å². The molecule has 0 spiro atoms. The summed E-state index contributed by atoms with van der Waals surface area (Å²) < 4.78 is 0. The van der Waals surface area contributed by atoms with Crippen LogP contribution in [0.25, 0.3) is 0 Å². The van der Waals surface area contributed by atoms with Crippen molar-refractivity contribution in [3.63, 3.8) is 0 Å². The lowest BCUT2D eigenvalue weighted by atomic mass is 10.1. The number of nitriles is 1. The fourth-order valence-electron chi connectivity index (χ4n) is 1.64. The average Bonchev–Trinajstić information content (AvgIpc) is 3.13. The van der Waals surface area contributed by atoms with Crippen LogP contribution in [0.4, 0.5) is 0 Å². The van der Waals surface area contributed by atoms with Crippen molar-refractivity contribution in [2.45, 2.75) is 18.9 Å². The lowest BCUT2D eigenvalue weighted by Crippen LogP contribution is -2.23. The molecule has 16 heavy (non-hydrogen) atoms. The second-order valence-corrected chi connectivity index (χ2v) is 4.35. The summed E-state index contributed by atoms with van der Waals surface area (Å²) in [5, 5.41) is 21.8. The van der Waals surface area contributed by atoms with Crippen LogP contribution in [-0.4, -0.2) is 18.2 Å². The van der Waals surface area contributed by atoms with E-state index in [4.69, 9.17) is 5.26 Å². The summed E-state index contributed by atoms with van der Waals surface area (Å²) in [5.74, 6) is 0.827. The van der Waals surface area contributed by atoms with Gasteiger partial charge in [-0.05, 0) is 43.0 Å². The van der Waals surface area contributed by atoms with E-state index in [9.17, 15) is 5.11 Å². The summed E-state index contributed by atoms with van der Waals surface area (Å²) >= 11 is 0. The molecule has 0 saturated heterocycles. The van der Waals surface area contributed by atoms with E-state index in [0.29, 0.717) is 12.1 Å². The summed E-state index contributed by atoms with van der Waals surface area (Å²) in [7, 11) is 0. The van der Waals surface area contributed by atoms with E-state index in [0.717, 1.165) is 18.0 Å². The largest absolute Gasteiger partial charge is 0.387 e. The second-order valence-electron chi connectivity index (χ2n) is 4.35. The van der Waals surface area contributed by atoms with Gasteiger partial charge < -0.3 is 10.4 Å². The van der Waals surface area contributed by atoms with Crippen LogP contribution in [0.5, 0.6) is 0 Å². The Morgan fingerprint density at radius 3 is 2.62 bits per heavy atom. The number of aliphatic hydroxyl groups is 1.